The van der Waals surface area contributed by atoms with E-state index in [9.17, 15) is 5.11 Å². The van der Waals surface area contributed by atoms with Gasteiger partial charge < -0.3 is 9.84 Å². The van der Waals surface area contributed by atoms with Crippen molar-refractivity contribution < 1.29 is 9.84 Å². The fraction of sp³-hybridized carbons (Fsp3) is 0.185. The van der Waals surface area contributed by atoms with Gasteiger partial charge in [-0.15, -0.1) is 0 Å². The first-order valence-electron chi connectivity index (χ1n) is 10.3. The van der Waals surface area contributed by atoms with Crippen LogP contribution >= 0.6 is 0 Å². The second-order valence-electron chi connectivity index (χ2n) is 7.58. The van der Waals surface area contributed by atoms with Gasteiger partial charge in [-0.1, -0.05) is 72.8 Å². The second kappa shape index (κ2) is 9.47. The summed E-state index contributed by atoms with van der Waals surface area (Å²) >= 11 is 0. The second-order valence-corrected chi connectivity index (χ2v) is 7.58. The number of benzene rings is 4. The summed E-state index contributed by atoms with van der Waals surface area (Å²) in [5.74, 6) is 1.15. The van der Waals surface area contributed by atoms with Gasteiger partial charge in [0, 0.05) is 25.2 Å². The lowest BCUT2D eigenvalue weighted by atomic mass is 10.00. The van der Waals surface area contributed by atoms with E-state index in [-0.39, 0.29) is 0 Å². The summed E-state index contributed by atoms with van der Waals surface area (Å²) in [7, 11) is 1.67. The number of phenolic OH excluding ortho intramolecular Hbond substituents is 1. The summed E-state index contributed by atoms with van der Waals surface area (Å²) in [4.78, 5) is 2.43. The predicted octanol–water partition coefficient (Wildman–Crippen LogP) is 5.80. The zero-order valence-corrected chi connectivity index (χ0v) is 17.3. The van der Waals surface area contributed by atoms with E-state index in [1.54, 1.807) is 13.2 Å². The molecular weight excluding hydrogens is 370 g/mol. The number of ether oxygens (including phenoxy) is 1. The van der Waals surface area contributed by atoms with E-state index in [0.29, 0.717) is 5.75 Å². The third-order valence-corrected chi connectivity index (χ3v) is 5.49. The largest absolute Gasteiger partial charge is 0.508 e. The Balaban J connectivity index is 1.59. The highest BCUT2D eigenvalue weighted by Gasteiger charge is 2.12. The number of methoxy groups -OCH3 is 1. The van der Waals surface area contributed by atoms with Crippen molar-refractivity contribution in [2.45, 2.75) is 19.5 Å². The molecule has 0 unspecified atom stereocenters. The number of nitrogens with zero attached hydrogens (tertiary/aromatic N) is 1. The molecule has 0 bridgehead atoms. The molecule has 0 saturated carbocycles. The van der Waals surface area contributed by atoms with Crippen LogP contribution in [0.3, 0.4) is 0 Å². The zero-order chi connectivity index (χ0) is 20.8. The quantitative estimate of drug-likeness (QED) is 0.408. The minimum Gasteiger partial charge on any atom is -0.508 e. The summed E-state index contributed by atoms with van der Waals surface area (Å²) in [6.45, 7) is 2.57. The maximum absolute atomic E-state index is 10.6. The molecular formula is C27H27NO2. The standard InChI is InChI=1S/C27H27NO2/c1-30-24-14-12-23-13-15-27(29)25(26(23)18-24)16-17-28(19-21-8-4-2-5-9-21)20-22-10-6-3-7-11-22/h2-15,18,29H,16-17,19-20H2,1H3. The zero-order valence-electron chi connectivity index (χ0n) is 17.3. The van der Waals surface area contributed by atoms with Crippen molar-refractivity contribution in [2.75, 3.05) is 13.7 Å². The monoisotopic (exact) mass is 397 g/mol. The first-order chi connectivity index (χ1) is 14.7. The Morgan fingerprint density at radius 2 is 1.37 bits per heavy atom. The van der Waals surface area contributed by atoms with Crippen molar-refractivity contribution >= 4 is 10.8 Å². The first kappa shape index (κ1) is 20.0. The molecule has 0 fully saturated rings. The predicted molar refractivity (Wildman–Crippen MR) is 123 cm³/mol. The average Bonchev–Trinajstić information content (AvgIpc) is 2.79. The highest BCUT2D eigenvalue weighted by Crippen LogP contribution is 2.31. The number of fused-ring (bicyclic) bond motifs is 1. The van der Waals surface area contributed by atoms with Crippen molar-refractivity contribution in [1.29, 1.82) is 0 Å². The smallest absolute Gasteiger partial charge is 0.119 e. The Morgan fingerprint density at radius 1 is 0.767 bits per heavy atom. The van der Waals surface area contributed by atoms with E-state index in [0.717, 1.165) is 48.1 Å². The number of phenols is 1. The van der Waals surface area contributed by atoms with Crippen LogP contribution in [0.2, 0.25) is 0 Å². The molecule has 0 amide bonds. The Hall–Kier alpha value is -3.30. The Bertz CT molecular complexity index is 1050. The van der Waals surface area contributed by atoms with Gasteiger partial charge in [-0.25, -0.2) is 0 Å². The van der Waals surface area contributed by atoms with E-state index in [1.807, 2.05) is 36.4 Å². The van der Waals surface area contributed by atoms with Crippen molar-refractivity contribution in [3.05, 3.63) is 108 Å². The van der Waals surface area contributed by atoms with Crippen molar-refractivity contribution in [3.8, 4) is 11.5 Å². The number of rotatable bonds is 8. The summed E-state index contributed by atoms with van der Waals surface area (Å²) in [5, 5.41) is 12.8. The van der Waals surface area contributed by atoms with E-state index in [1.165, 1.54) is 11.1 Å². The average molecular weight is 398 g/mol. The van der Waals surface area contributed by atoms with Crippen LogP contribution in [0.15, 0.2) is 91.0 Å². The molecule has 0 aromatic heterocycles. The van der Waals surface area contributed by atoms with Crippen LogP contribution in [0, 0.1) is 0 Å². The molecule has 3 heteroatoms. The van der Waals surface area contributed by atoms with Gasteiger partial charge in [-0.05, 0) is 46.5 Å². The third-order valence-electron chi connectivity index (χ3n) is 5.49. The summed E-state index contributed by atoms with van der Waals surface area (Å²) < 4.78 is 5.41. The van der Waals surface area contributed by atoms with Gasteiger partial charge in [0.2, 0.25) is 0 Å². The van der Waals surface area contributed by atoms with E-state index in [2.05, 4.69) is 53.4 Å². The summed E-state index contributed by atoms with van der Waals surface area (Å²) in [5.41, 5.74) is 3.55. The highest BCUT2D eigenvalue weighted by molar-refractivity contribution is 5.89. The molecule has 0 atom stereocenters. The van der Waals surface area contributed by atoms with Crippen molar-refractivity contribution in [3.63, 3.8) is 0 Å². The number of aromatic hydroxyl groups is 1. The van der Waals surface area contributed by atoms with E-state index >= 15 is 0 Å². The van der Waals surface area contributed by atoms with Gasteiger partial charge in [0.1, 0.15) is 11.5 Å². The van der Waals surface area contributed by atoms with Crippen molar-refractivity contribution in [2.24, 2.45) is 0 Å². The Morgan fingerprint density at radius 3 is 1.97 bits per heavy atom. The SMILES string of the molecule is COc1ccc2ccc(O)c(CCN(Cc3ccccc3)Cc3ccccc3)c2c1. The highest BCUT2D eigenvalue weighted by atomic mass is 16.5. The fourth-order valence-electron chi connectivity index (χ4n) is 3.91. The minimum atomic E-state index is 0.343. The molecule has 0 aliphatic heterocycles. The van der Waals surface area contributed by atoms with Crippen LogP contribution in [0.5, 0.6) is 11.5 Å². The van der Waals surface area contributed by atoms with Crippen LogP contribution < -0.4 is 4.74 Å². The van der Waals surface area contributed by atoms with Crippen molar-refractivity contribution in [1.82, 2.24) is 4.90 Å². The molecule has 4 aromatic rings. The third kappa shape index (κ3) is 4.81. The lowest BCUT2D eigenvalue weighted by molar-refractivity contribution is 0.259. The molecule has 30 heavy (non-hydrogen) atoms. The minimum absolute atomic E-state index is 0.343. The molecule has 0 spiro atoms. The lowest BCUT2D eigenvalue weighted by Crippen LogP contribution is -2.25. The summed E-state index contributed by atoms with van der Waals surface area (Å²) in [6, 6.07) is 30.9. The molecule has 0 heterocycles. The Labute approximate surface area is 178 Å². The molecule has 3 nitrogen and oxygen atoms in total. The van der Waals surface area contributed by atoms with Gasteiger partial charge >= 0.3 is 0 Å². The fourth-order valence-corrected chi connectivity index (χ4v) is 3.91. The lowest BCUT2D eigenvalue weighted by Gasteiger charge is -2.23. The van der Waals surface area contributed by atoms with E-state index < -0.39 is 0 Å². The molecule has 152 valence electrons. The Kier molecular flexibility index (Phi) is 6.31. The molecule has 0 radical (unpaired) electrons. The molecule has 1 N–H and O–H groups in total. The maximum Gasteiger partial charge on any atom is 0.119 e. The van der Waals surface area contributed by atoms with Crippen LogP contribution in [0.4, 0.5) is 0 Å². The van der Waals surface area contributed by atoms with Crippen LogP contribution in [-0.2, 0) is 19.5 Å². The molecule has 0 saturated heterocycles. The summed E-state index contributed by atoms with van der Waals surface area (Å²) in [6.07, 6.45) is 0.760. The number of hydrogen-bond donors (Lipinski definition) is 1. The first-order valence-corrected chi connectivity index (χ1v) is 10.3. The molecule has 4 aromatic carbocycles. The molecule has 4 rings (SSSR count). The van der Waals surface area contributed by atoms with Gasteiger partial charge in [0.15, 0.2) is 0 Å². The normalized spacial score (nSPS) is 11.1. The van der Waals surface area contributed by atoms with Gasteiger partial charge in [-0.3, -0.25) is 4.90 Å². The van der Waals surface area contributed by atoms with Crippen LogP contribution in [0.25, 0.3) is 10.8 Å². The van der Waals surface area contributed by atoms with Crippen LogP contribution in [0.1, 0.15) is 16.7 Å². The van der Waals surface area contributed by atoms with Gasteiger partial charge in [0.05, 0.1) is 7.11 Å². The van der Waals surface area contributed by atoms with Crippen LogP contribution in [-0.4, -0.2) is 23.7 Å². The number of hydrogen-bond acceptors (Lipinski definition) is 3. The van der Waals surface area contributed by atoms with Gasteiger partial charge in [-0.2, -0.15) is 0 Å². The van der Waals surface area contributed by atoms with Gasteiger partial charge in [0.25, 0.3) is 0 Å². The van der Waals surface area contributed by atoms with E-state index in [4.69, 9.17) is 4.74 Å². The topological polar surface area (TPSA) is 32.7 Å². The molecule has 0 aliphatic rings. The maximum atomic E-state index is 10.6. The molecule has 0 aliphatic carbocycles.